The van der Waals surface area contributed by atoms with E-state index in [1.54, 1.807) is 0 Å². The Kier molecular flexibility index (Phi) is 4.37. The molecule has 0 spiro atoms. The highest BCUT2D eigenvalue weighted by atomic mass is 19.4. The van der Waals surface area contributed by atoms with Crippen LogP contribution in [-0.2, 0) is 11.0 Å². The van der Waals surface area contributed by atoms with Crippen LogP contribution in [0.1, 0.15) is 30.3 Å². The summed E-state index contributed by atoms with van der Waals surface area (Å²) in [6.07, 6.45) is -4.24. The minimum Gasteiger partial charge on any atom is -0.355 e. The van der Waals surface area contributed by atoms with Crippen LogP contribution in [-0.4, -0.2) is 22.6 Å². The van der Waals surface area contributed by atoms with Gasteiger partial charge < -0.3 is 5.32 Å². The first-order chi connectivity index (χ1) is 8.32. The van der Waals surface area contributed by atoms with Crippen molar-refractivity contribution in [2.75, 3.05) is 6.54 Å². The maximum atomic E-state index is 12.5. The summed E-state index contributed by atoms with van der Waals surface area (Å²) >= 11 is 0. The van der Waals surface area contributed by atoms with E-state index in [4.69, 9.17) is 0 Å². The van der Waals surface area contributed by atoms with Crippen LogP contribution in [0, 0.1) is 18.8 Å². The Morgan fingerprint density at radius 3 is 2.72 bits per heavy atom. The molecule has 1 amide bonds. The molecule has 1 aromatic heterocycles. The van der Waals surface area contributed by atoms with Crippen LogP contribution in [0.25, 0.3) is 0 Å². The highest BCUT2D eigenvalue weighted by molar-refractivity contribution is 5.72. The number of hydrogen-bond acceptors (Lipinski definition) is 2. The molecule has 0 fully saturated rings. The monoisotopic (exact) mass is 259 g/mol. The van der Waals surface area contributed by atoms with Crippen LogP contribution in [0.4, 0.5) is 13.2 Å². The number of alkyl halides is 3. The van der Waals surface area contributed by atoms with E-state index in [9.17, 15) is 18.0 Å². The highest BCUT2D eigenvalue weighted by Gasteiger charge is 2.37. The fraction of sp³-hybridized carbons (Fsp3) is 0.455. The number of carbonyl (C=O) groups excluding carboxylic acids is 1. The fourth-order valence-corrected chi connectivity index (χ4v) is 1.24. The number of halogens is 3. The van der Waals surface area contributed by atoms with Gasteiger partial charge in [0.05, 0.1) is 5.56 Å². The minimum absolute atomic E-state index is 0.148. The molecule has 18 heavy (non-hydrogen) atoms. The van der Waals surface area contributed by atoms with Crippen LogP contribution in [0.15, 0.2) is 0 Å². The molecule has 0 aliphatic rings. The van der Waals surface area contributed by atoms with Gasteiger partial charge in [-0.25, -0.2) is 0 Å². The second-order valence-electron chi connectivity index (χ2n) is 3.60. The van der Waals surface area contributed by atoms with Crippen molar-refractivity contribution in [1.82, 2.24) is 15.5 Å². The van der Waals surface area contributed by atoms with Crippen molar-refractivity contribution in [3.8, 4) is 11.8 Å². The molecule has 4 nitrogen and oxygen atoms in total. The van der Waals surface area contributed by atoms with Gasteiger partial charge in [-0.05, 0) is 6.92 Å². The number of aromatic amines is 1. The number of rotatable bonds is 2. The molecule has 0 radical (unpaired) electrons. The van der Waals surface area contributed by atoms with E-state index in [0.29, 0.717) is 6.54 Å². The van der Waals surface area contributed by atoms with Crippen LogP contribution < -0.4 is 5.32 Å². The van der Waals surface area contributed by atoms with Gasteiger partial charge in [-0.3, -0.25) is 9.89 Å². The SMILES string of the molecule is CC(=O)NCCC#Cc1c(C(F)(F)F)n[nH]c1C. The maximum Gasteiger partial charge on any atom is 0.436 e. The first kappa shape index (κ1) is 14.1. The summed E-state index contributed by atoms with van der Waals surface area (Å²) in [5.41, 5.74) is -0.883. The van der Waals surface area contributed by atoms with Gasteiger partial charge in [0.1, 0.15) is 0 Å². The Bertz CT molecular complexity index is 494. The van der Waals surface area contributed by atoms with Crippen molar-refractivity contribution in [1.29, 1.82) is 0 Å². The zero-order valence-corrected chi connectivity index (χ0v) is 9.90. The number of carbonyl (C=O) groups is 1. The summed E-state index contributed by atoms with van der Waals surface area (Å²) in [5.74, 6) is 4.80. The number of nitrogens with one attached hydrogen (secondary N) is 2. The van der Waals surface area contributed by atoms with Crippen molar-refractivity contribution >= 4 is 5.91 Å². The molecule has 0 aromatic carbocycles. The molecule has 0 saturated heterocycles. The number of amides is 1. The molecule has 1 aromatic rings. The minimum atomic E-state index is -4.52. The van der Waals surface area contributed by atoms with E-state index >= 15 is 0 Å². The van der Waals surface area contributed by atoms with Gasteiger partial charge in [-0.2, -0.15) is 18.3 Å². The third kappa shape index (κ3) is 3.80. The third-order valence-corrected chi connectivity index (χ3v) is 2.05. The molecule has 0 saturated carbocycles. The van der Waals surface area contributed by atoms with Gasteiger partial charge in [0, 0.05) is 25.6 Å². The molecular weight excluding hydrogens is 247 g/mol. The number of nitrogens with zero attached hydrogens (tertiary/aromatic N) is 1. The molecule has 0 bridgehead atoms. The lowest BCUT2D eigenvalue weighted by atomic mass is 10.2. The molecule has 98 valence electrons. The van der Waals surface area contributed by atoms with Crippen LogP contribution in [0.3, 0.4) is 0 Å². The standard InChI is InChI=1S/C11H12F3N3O/c1-7-9(5-3-4-6-15-8(2)18)10(17-16-7)11(12,13)14/h4,6H2,1-2H3,(H,15,18)(H,16,17). The largest absolute Gasteiger partial charge is 0.436 e. The third-order valence-electron chi connectivity index (χ3n) is 2.05. The zero-order valence-electron chi connectivity index (χ0n) is 9.90. The molecule has 7 heteroatoms. The van der Waals surface area contributed by atoms with Crippen molar-refractivity contribution in [3.63, 3.8) is 0 Å². The smallest absolute Gasteiger partial charge is 0.355 e. The Morgan fingerprint density at radius 2 is 2.17 bits per heavy atom. The number of hydrogen-bond donors (Lipinski definition) is 2. The summed E-state index contributed by atoms with van der Waals surface area (Å²) < 4.78 is 37.6. The quantitative estimate of drug-likeness (QED) is 0.626. The maximum absolute atomic E-state index is 12.5. The lowest BCUT2D eigenvalue weighted by molar-refractivity contribution is -0.141. The van der Waals surface area contributed by atoms with Crippen LogP contribution in [0.5, 0.6) is 0 Å². The van der Waals surface area contributed by atoms with Crippen LogP contribution >= 0.6 is 0 Å². The van der Waals surface area contributed by atoms with Crippen molar-refractivity contribution in [2.24, 2.45) is 0 Å². The molecular formula is C11H12F3N3O. The van der Waals surface area contributed by atoms with Crippen LogP contribution in [0.2, 0.25) is 0 Å². The van der Waals surface area contributed by atoms with E-state index in [0.717, 1.165) is 0 Å². The van der Waals surface area contributed by atoms with E-state index in [-0.39, 0.29) is 23.6 Å². The molecule has 1 heterocycles. The van der Waals surface area contributed by atoms with Gasteiger partial charge in [-0.15, -0.1) is 0 Å². The van der Waals surface area contributed by atoms with E-state index in [2.05, 4.69) is 27.4 Å². The Morgan fingerprint density at radius 1 is 1.50 bits per heavy atom. The van der Waals surface area contributed by atoms with E-state index < -0.39 is 11.9 Å². The first-order valence-electron chi connectivity index (χ1n) is 5.18. The first-order valence-corrected chi connectivity index (χ1v) is 5.18. The Labute approximate surface area is 102 Å². The predicted octanol–water partition coefficient (Wildman–Crippen LogP) is 1.61. The molecule has 0 aliphatic heterocycles. The van der Waals surface area contributed by atoms with Gasteiger partial charge in [0.15, 0.2) is 5.69 Å². The average Bonchev–Trinajstić information content (AvgIpc) is 2.59. The summed E-state index contributed by atoms with van der Waals surface area (Å²) in [6, 6.07) is 0. The van der Waals surface area contributed by atoms with Crippen molar-refractivity contribution in [2.45, 2.75) is 26.4 Å². The van der Waals surface area contributed by atoms with Gasteiger partial charge >= 0.3 is 6.18 Å². The molecule has 2 N–H and O–H groups in total. The second-order valence-corrected chi connectivity index (χ2v) is 3.60. The van der Waals surface area contributed by atoms with E-state index in [1.165, 1.54) is 13.8 Å². The molecule has 0 unspecified atom stereocenters. The summed E-state index contributed by atoms with van der Waals surface area (Å²) in [4.78, 5) is 10.6. The number of H-pyrrole nitrogens is 1. The summed E-state index contributed by atoms with van der Waals surface area (Å²) in [7, 11) is 0. The summed E-state index contributed by atoms with van der Waals surface area (Å²) in [6.45, 7) is 3.13. The predicted molar refractivity (Wildman–Crippen MR) is 58.5 cm³/mol. The zero-order chi connectivity index (χ0) is 13.8. The highest BCUT2D eigenvalue weighted by Crippen LogP contribution is 2.30. The van der Waals surface area contributed by atoms with Crippen molar-refractivity contribution in [3.05, 3.63) is 17.0 Å². The summed E-state index contributed by atoms with van der Waals surface area (Å²) in [5, 5.41) is 7.95. The average molecular weight is 259 g/mol. The lowest BCUT2D eigenvalue weighted by Gasteiger charge is -2.02. The van der Waals surface area contributed by atoms with Gasteiger partial charge in [0.25, 0.3) is 0 Å². The lowest BCUT2D eigenvalue weighted by Crippen LogP contribution is -2.20. The van der Waals surface area contributed by atoms with Gasteiger partial charge in [0.2, 0.25) is 5.91 Å². The Balaban J connectivity index is 2.76. The number of aromatic nitrogens is 2. The van der Waals surface area contributed by atoms with E-state index in [1.807, 2.05) is 0 Å². The Hall–Kier alpha value is -1.97. The normalized spacial score (nSPS) is 10.7. The number of aryl methyl sites for hydroxylation is 1. The second kappa shape index (κ2) is 5.58. The molecule has 0 atom stereocenters. The van der Waals surface area contributed by atoms with Crippen molar-refractivity contribution < 1.29 is 18.0 Å². The fourth-order valence-electron chi connectivity index (χ4n) is 1.24. The molecule has 0 aliphatic carbocycles. The topological polar surface area (TPSA) is 57.8 Å². The molecule has 1 rings (SSSR count). The van der Waals surface area contributed by atoms with Gasteiger partial charge in [-0.1, -0.05) is 11.8 Å².